The number of nitrogens with zero attached hydrogens (tertiary/aromatic N) is 2. The van der Waals surface area contributed by atoms with E-state index in [0.717, 1.165) is 31.1 Å². The van der Waals surface area contributed by atoms with Crippen molar-refractivity contribution in [1.29, 1.82) is 0 Å². The lowest BCUT2D eigenvalue weighted by Crippen LogP contribution is -2.29. The summed E-state index contributed by atoms with van der Waals surface area (Å²) in [5.41, 5.74) is 0. The summed E-state index contributed by atoms with van der Waals surface area (Å²) in [5.74, 6) is 0. The molecule has 0 bridgehead atoms. The zero-order valence-corrected chi connectivity index (χ0v) is 14.1. The normalized spacial score (nSPS) is 12.8. The van der Waals surface area contributed by atoms with Gasteiger partial charge in [0, 0.05) is 35.1 Å². The molecule has 1 atom stereocenters. The van der Waals surface area contributed by atoms with E-state index in [9.17, 15) is 0 Å². The molecule has 0 saturated carbocycles. The smallest absolute Gasteiger partial charge is 0.182 e. The second-order valence-corrected chi connectivity index (χ2v) is 7.25. The van der Waals surface area contributed by atoms with Gasteiger partial charge < -0.3 is 5.32 Å². The van der Waals surface area contributed by atoms with E-state index in [-0.39, 0.29) is 0 Å². The molecule has 0 fully saturated rings. The number of hydrogen-bond donors (Lipinski definition) is 1. The van der Waals surface area contributed by atoms with Crippen molar-refractivity contribution in [3.63, 3.8) is 0 Å². The molecular formula is C15H23N3S2. The standard InChI is InChI=1S/C15H23N3S2/c1-4-7-16-15-17-10-14(20-15)11-18(3)12(2)9-13-6-5-8-19-13/h5-6,8,10,12H,4,7,9,11H2,1-3H3,(H,16,17). The predicted octanol–water partition coefficient (Wildman–Crippen LogP) is 4.09. The van der Waals surface area contributed by atoms with Crippen molar-refractivity contribution in [2.24, 2.45) is 0 Å². The third kappa shape index (κ3) is 4.58. The summed E-state index contributed by atoms with van der Waals surface area (Å²) in [6.07, 6.45) is 4.25. The summed E-state index contributed by atoms with van der Waals surface area (Å²) in [6.45, 7) is 6.42. The first-order chi connectivity index (χ1) is 9.69. The van der Waals surface area contributed by atoms with Crippen molar-refractivity contribution >= 4 is 27.8 Å². The van der Waals surface area contributed by atoms with Crippen molar-refractivity contribution in [3.8, 4) is 0 Å². The summed E-state index contributed by atoms with van der Waals surface area (Å²) >= 11 is 3.61. The highest BCUT2D eigenvalue weighted by Gasteiger charge is 2.12. The van der Waals surface area contributed by atoms with E-state index in [0.29, 0.717) is 6.04 Å². The van der Waals surface area contributed by atoms with Gasteiger partial charge in [-0.2, -0.15) is 0 Å². The summed E-state index contributed by atoms with van der Waals surface area (Å²) in [6, 6.07) is 4.89. The van der Waals surface area contributed by atoms with E-state index in [1.165, 1.54) is 9.75 Å². The van der Waals surface area contributed by atoms with Gasteiger partial charge in [-0.3, -0.25) is 4.90 Å². The minimum atomic E-state index is 0.544. The van der Waals surface area contributed by atoms with Crippen LogP contribution >= 0.6 is 22.7 Å². The maximum atomic E-state index is 4.42. The molecule has 2 aromatic rings. The van der Waals surface area contributed by atoms with Gasteiger partial charge in [0.2, 0.25) is 0 Å². The van der Waals surface area contributed by atoms with Crippen LogP contribution in [0.4, 0.5) is 5.13 Å². The van der Waals surface area contributed by atoms with Gasteiger partial charge >= 0.3 is 0 Å². The molecule has 0 aromatic carbocycles. The first-order valence-corrected chi connectivity index (χ1v) is 8.80. The Balaban J connectivity index is 1.83. The van der Waals surface area contributed by atoms with Gasteiger partial charge in [0.25, 0.3) is 0 Å². The monoisotopic (exact) mass is 309 g/mol. The van der Waals surface area contributed by atoms with Crippen LogP contribution in [0.1, 0.15) is 30.0 Å². The number of aromatic nitrogens is 1. The van der Waals surface area contributed by atoms with Crippen LogP contribution in [0.5, 0.6) is 0 Å². The second-order valence-electron chi connectivity index (χ2n) is 5.11. The van der Waals surface area contributed by atoms with Gasteiger partial charge in [0.05, 0.1) is 0 Å². The van der Waals surface area contributed by atoms with Gasteiger partial charge in [-0.25, -0.2) is 4.98 Å². The first-order valence-electron chi connectivity index (χ1n) is 7.10. The molecule has 0 radical (unpaired) electrons. The lowest BCUT2D eigenvalue weighted by atomic mass is 10.2. The van der Waals surface area contributed by atoms with Crippen molar-refractivity contribution in [1.82, 2.24) is 9.88 Å². The maximum Gasteiger partial charge on any atom is 0.182 e. The predicted molar refractivity (Wildman–Crippen MR) is 89.8 cm³/mol. The first kappa shape index (κ1) is 15.5. The van der Waals surface area contributed by atoms with Crippen LogP contribution in [0.3, 0.4) is 0 Å². The summed E-state index contributed by atoms with van der Waals surface area (Å²) in [4.78, 5) is 9.60. The highest BCUT2D eigenvalue weighted by molar-refractivity contribution is 7.15. The quantitative estimate of drug-likeness (QED) is 0.796. The zero-order valence-electron chi connectivity index (χ0n) is 12.4. The Morgan fingerprint density at radius 1 is 1.40 bits per heavy atom. The van der Waals surface area contributed by atoms with Crippen LogP contribution in [0.25, 0.3) is 0 Å². The zero-order chi connectivity index (χ0) is 14.4. The molecule has 2 aromatic heterocycles. The van der Waals surface area contributed by atoms with E-state index >= 15 is 0 Å². The van der Waals surface area contributed by atoms with E-state index in [4.69, 9.17) is 0 Å². The molecule has 0 aliphatic carbocycles. The van der Waals surface area contributed by atoms with Crippen molar-refractivity contribution in [3.05, 3.63) is 33.5 Å². The average Bonchev–Trinajstić information content (AvgIpc) is 3.08. The number of thiazole rings is 1. The number of hydrogen-bond acceptors (Lipinski definition) is 5. The van der Waals surface area contributed by atoms with Crippen LogP contribution in [-0.4, -0.2) is 29.5 Å². The third-order valence-corrected chi connectivity index (χ3v) is 5.15. The lowest BCUT2D eigenvalue weighted by Gasteiger charge is -2.23. The number of rotatable bonds is 8. The summed E-state index contributed by atoms with van der Waals surface area (Å²) in [7, 11) is 2.19. The van der Waals surface area contributed by atoms with Crippen LogP contribution in [0, 0.1) is 0 Å². The molecule has 2 rings (SSSR count). The van der Waals surface area contributed by atoms with Gasteiger partial charge in [0.1, 0.15) is 0 Å². The molecule has 0 spiro atoms. The Labute approximate surface area is 129 Å². The Kier molecular flexibility index (Phi) is 6.01. The fourth-order valence-electron chi connectivity index (χ4n) is 1.97. The second kappa shape index (κ2) is 7.76. The van der Waals surface area contributed by atoms with Gasteiger partial charge in [-0.1, -0.05) is 13.0 Å². The highest BCUT2D eigenvalue weighted by atomic mass is 32.1. The maximum absolute atomic E-state index is 4.42. The molecule has 0 saturated heterocycles. The van der Waals surface area contributed by atoms with Crippen molar-refractivity contribution in [2.45, 2.75) is 39.3 Å². The fraction of sp³-hybridized carbons (Fsp3) is 0.533. The summed E-state index contributed by atoms with van der Waals surface area (Å²) in [5, 5.41) is 6.54. The Bertz CT molecular complexity index is 493. The van der Waals surface area contributed by atoms with Crippen LogP contribution < -0.4 is 5.32 Å². The molecule has 3 nitrogen and oxygen atoms in total. The van der Waals surface area contributed by atoms with Gasteiger partial charge in [0.15, 0.2) is 5.13 Å². The molecule has 110 valence electrons. The minimum Gasteiger partial charge on any atom is -0.362 e. The average molecular weight is 310 g/mol. The van der Waals surface area contributed by atoms with E-state index in [2.05, 4.69) is 53.6 Å². The highest BCUT2D eigenvalue weighted by Crippen LogP contribution is 2.21. The molecule has 0 aliphatic rings. The largest absolute Gasteiger partial charge is 0.362 e. The van der Waals surface area contributed by atoms with E-state index in [1.54, 1.807) is 11.3 Å². The fourth-order valence-corrected chi connectivity index (χ4v) is 3.70. The van der Waals surface area contributed by atoms with E-state index < -0.39 is 0 Å². The molecule has 1 N–H and O–H groups in total. The molecule has 0 amide bonds. The Hall–Kier alpha value is -0.910. The van der Waals surface area contributed by atoms with Gasteiger partial charge in [-0.05, 0) is 38.3 Å². The molecule has 0 aliphatic heterocycles. The number of anilines is 1. The number of likely N-dealkylation sites (N-methyl/N-ethyl adjacent to an activating group) is 1. The molecule has 1 unspecified atom stereocenters. The van der Waals surface area contributed by atoms with Crippen molar-refractivity contribution in [2.75, 3.05) is 18.9 Å². The van der Waals surface area contributed by atoms with Crippen molar-refractivity contribution < 1.29 is 0 Å². The topological polar surface area (TPSA) is 28.2 Å². The number of nitrogens with one attached hydrogen (secondary N) is 1. The number of thiophene rings is 1. The van der Waals surface area contributed by atoms with Crippen LogP contribution in [-0.2, 0) is 13.0 Å². The van der Waals surface area contributed by atoms with Gasteiger partial charge in [-0.15, -0.1) is 22.7 Å². The third-order valence-electron chi connectivity index (χ3n) is 3.31. The van der Waals surface area contributed by atoms with E-state index in [1.807, 2.05) is 17.5 Å². The molecular weight excluding hydrogens is 286 g/mol. The molecule has 5 heteroatoms. The Morgan fingerprint density at radius 2 is 2.25 bits per heavy atom. The Morgan fingerprint density at radius 3 is 2.95 bits per heavy atom. The SMILES string of the molecule is CCCNc1ncc(CN(C)C(C)Cc2cccs2)s1. The molecule has 20 heavy (non-hydrogen) atoms. The molecule has 2 heterocycles. The summed E-state index contributed by atoms with van der Waals surface area (Å²) < 4.78 is 0. The minimum absolute atomic E-state index is 0.544. The lowest BCUT2D eigenvalue weighted by molar-refractivity contribution is 0.251. The van der Waals surface area contributed by atoms with Crippen LogP contribution in [0.15, 0.2) is 23.7 Å². The van der Waals surface area contributed by atoms with Crippen LogP contribution in [0.2, 0.25) is 0 Å².